The maximum atomic E-state index is 11.9. The predicted molar refractivity (Wildman–Crippen MR) is 62.0 cm³/mol. The molecule has 0 saturated heterocycles. The average Bonchev–Trinajstić information content (AvgIpc) is 2.59. The highest BCUT2D eigenvalue weighted by Gasteiger charge is 2.19. The summed E-state index contributed by atoms with van der Waals surface area (Å²) in [4.78, 5) is 11.9. The fraction of sp³-hybridized carbons (Fsp3) is 0. The van der Waals surface area contributed by atoms with Crippen LogP contribution in [-0.2, 0) is 0 Å². The van der Waals surface area contributed by atoms with Crippen molar-refractivity contribution in [3.63, 3.8) is 0 Å². The number of carbonyl (C=O) groups is 1. The Morgan fingerprint density at radius 2 is 1.87 bits per heavy atom. The van der Waals surface area contributed by atoms with Crippen molar-refractivity contribution in [3.05, 3.63) is 50.9 Å². The van der Waals surface area contributed by atoms with Crippen LogP contribution in [0.3, 0.4) is 0 Å². The number of hydrogen-bond donors (Lipinski definition) is 0. The van der Waals surface area contributed by atoms with Crippen LogP contribution < -0.4 is 0 Å². The van der Waals surface area contributed by atoms with Crippen molar-refractivity contribution in [3.8, 4) is 0 Å². The van der Waals surface area contributed by atoms with E-state index in [1.54, 1.807) is 24.3 Å². The first-order chi connectivity index (χ1) is 7.20. The van der Waals surface area contributed by atoms with Gasteiger partial charge in [0.1, 0.15) is 4.34 Å². The molecular formula is C10H5Cl2NOS. The molecule has 0 fully saturated rings. The van der Waals surface area contributed by atoms with Crippen LogP contribution in [0.25, 0.3) is 0 Å². The van der Waals surface area contributed by atoms with Gasteiger partial charge in [0.2, 0.25) is 0 Å². The molecule has 0 radical (unpaired) electrons. The van der Waals surface area contributed by atoms with E-state index in [1.165, 1.54) is 0 Å². The largest absolute Gasteiger partial charge is 0.288 e. The van der Waals surface area contributed by atoms with E-state index in [2.05, 4.69) is 4.37 Å². The first-order valence-electron chi connectivity index (χ1n) is 4.10. The maximum absolute atomic E-state index is 11.9. The Bertz CT molecular complexity index is 476. The quantitative estimate of drug-likeness (QED) is 0.769. The van der Waals surface area contributed by atoms with Crippen molar-refractivity contribution in [2.75, 3.05) is 0 Å². The summed E-state index contributed by atoms with van der Waals surface area (Å²) in [6.45, 7) is 0. The SMILES string of the molecule is O=C(c1ccccc1)c1c(Cl)nsc1Cl. The van der Waals surface area contributed by atoms with Gasteiger partial charge in [-0.1, -0.05) is 53.5 Å². The van der Waals surface area contributed by atoms with Gasteiger partial charge in [-0.3, -0.25) is 4.79 Å². The number of benzene rings is 1. The third kappa shape index (κ3) is 2.04. The number of carbonyl (C=O) groups excluding carboxylic acids is 1. The molecule has 2 aromatic rings. The molecule has 0 aliphatic carbocycles. The molecule has 5 heteroatoms. The van der Waals surface area contributed by atoms with Gasteiger partial charge in [0.15, 0.2) is 10.9 Å². The van der Waals surface area contributed by atoms with Gasteiger partial charge >= 0.3 is 0 Å². The summed E-state index contributed by atoms with van der Waals surface area (Å²) < 4.78 is 4.14. The van der Waals surface area contributed by atoms with Crippen LogP contribution in [0.15, 0.2) is 30.3 Å². The number of ketones is 1. The third-order valence-corrected chi connectivity index (χ3v) is 3.28. The van der Waals surface area contributed by atoms with E-state index < -0.39 is 0 Å². The minimum absolute atomic E-state index is 0.166. The van der Waals surface area contributed by atoms with Crippen molar-refractivity contribution in [1.29, 1.82) is 0 Å². The van der Waals surface area contributed by atoms with E-state index in [1.807, 2.05) is 6.07 Å². The molecule has 0 unspecified atom stereocenters. The van der Waals surface area contributed by atoms with Gasteiger partial charge in [0.05, 0.1) is 5.56 Å². The molecule has 0 bridgehead atoms. The normalized spacial score (nSPS) is 10.3. The fourth-order valence-corrected chi connectivity index (χ4v) is 2.37. The van der Waals surface area contributed by atoms with Crippen LogP contribution in [0.4, 0.5) is 0 Å². The van der Waals surface area contributed by atoms with E-state index in [9.17, 15) is 4.79 Å². The Morgan fingerprint density at radius 1 is 1.20 bits per heavy atom. The summed E-state index contributed by atoms with van der Waals surface area (Å²) in [5, 5.41) is 0.166. The molecular weight excluding hydrogens is 253 g/mol. The lowest BCUT2D eigenvalue weighted by Gasteiger charge is -1.98. The zero-order valence-corrected chi connectivity index (χ0v) is 9.73. The molecule has 0 N–H and O–H groups in total. The minimum atomic E-state index is -0.195. The highest BCUT2D eigenvalue weighted by molar-refractivity contribution is 7.11. The lowest BCUT2D eigenvalue weighted by Crippen LogP contribution is -2.00. The molecule has 0 aliphatic heterocycles. The summed E-state index contributed by atoms with van der Waals surface area (Å²) in [5.74, 6) is -0.195. The Balaban J connectivity index is 2.46. The van der Waals surface area contributed by atoms with Gasteiger partial charge in [0, 0.05) is 5.56 Å². The number of hydrogen-bond acceptors (Lipinski definition) is 3. The lowest BCUT2D eigenvalue weighted by atomic mass is 10.1. The number of aromatic nitrogens is 1. The zero-order chi connectivity index (χ0) is 10.8. The number of halogens is 2. The molecule has 0 saturated carbocycles. The van der Waals surface area contributed by atoms with Crippen molar-refractivity contribution in [1.82, 2.24) is 4.37 Å². The molecule has 0 atom stereocenters. The molecule has 15 heavy (non-hydrogen) atoms. The average molecular weight is 258 g/mol. The van der Waals surface area contributed by atoms with Crippen LogP contribution in [-0.4, -0.2) is 10.2 Å². The molecule has 1 aromatic carbocycles. The van der Waals surface area contributed by atoms with Gasteiger partial charge in [-0.25, -0.2) is 0 Å². The van der Waals surface area contributed by atoms with Crippen molar-refractivity contribution < 1.29 is 4.79 Å². The van der Waals surface area contributed by atoms with Crippen molar-refractivity contribution in [2.45, 2.75) is 0 Å². The van der Waals surface area contributed by atoms with Crippen LogP contribution >= 0.6 is 34.7 Å². The Hall–Kier alpha value is -0.900. The molecule has 1 heterocycles. The van der Waals surface area contributed by atoms with Gasteiger partial charge in [-0.2, -0.15) is 4.37 Å². The Labute approximate surface area is 101 Å². The smallest absolute Gasteiger partial charge is 0.198 e. The standard InChI is InChI=1S/C10H5Cl2NOS/c11-9-7(10(12)15-13-9)8(14)6-4-2-1-3-5-6/h1-5H. The van der Waals surface area contributed by atoms with Crippen LogP contribution in [0.2, 0.25) is 9.49 Å². The van der Waals surface area contributed by atoms with Gasteiger partial charge in [-0.15, -0.1) is 0 Å². The number of nitrogens with zero attached hydrogens (tertiary/aromatic N) is 1. The topological polar surface area (TPSA) is 30.0 Å². The monoisotopic (exact) mass is 257 g/mol. The second-order valence-corrected chi connectivity index (χ2v) is 4.55. The molecule has 1 aromatic heterocycles. The second-order valence-electron chi connectivity index (χ2n) is 2.82. The first-order valence-corrected chi connectivity index (χ1v) is 5.63. The molecule has 0 spiro atoms. The summed E-state index contributed by atoms with van der Waals surface area (Å²) in [6, 6.07) is 8.84. The van der Waals surface area contributed by atoms with Gasteiger partial charge < -0.3 is 0 Å². The number of rotatable bonds is 2. The second kappa shape index (κ2) is 4.31. The summed E-state index contributed by atoms with van der Waals surface area (Å²) >= 11 is 12.6. The summed E-state index contributed by atoms with van der Waals surface area (Å²) in [7, 11) is 0. The van der Waals surface area contributed by atoms with Crippen molar-refractivity contribution >= 4 is 40.5 Å². The molecule has 2 nitrogen and oxygen atoms in total. The van der Waals surface area contributed by atoms with E-state index in [0.29, 0.717) is 9.90 Å². The van der Waals surface area contributed by atoms with Crippen LogP contribution in [0, 0.1) is 0 Å². The van der Waals surface area contributed by atoms with Crippen molar-refractivity contribution in [2.24, 2.45) is 0 Å². The van der Waals surface area contributed by atoms with E-state index in [4.69, 9.17) is 23.2 Å². The van der Waals surface area contributed by atoms with Gasteiger partial charge in [-0.05, 0) is 11.5 Å². The van der Waals surface area contributed by atoms with Crippen LogP contribution in [0.5, 0.6) is 0 Å². The maximum Gasteiger partial charge on any atom is 0.198 e. The molecule has 0 amide bonds. The van der Waals surface area contributed by atoms with Crippen LogP contribution in [0.1, 0.15) is 15.9 Å². The lowest BCUT2D eigenvalue weighted by molar-refractivity contribution is 0.103. The highest BCUT2D eigenvalue weighted by atomic mass is 35.5. The molecule has 0 aliphatic rings. The summed E-state index contributed by atoms with van der Waals surface area (Å²) in [5.41, 5.74) is 0.844. The summed E-state index contributed by atoms with van der Waals surface area (Å²) in [6.07, 6.45) is 0. The predicted octanol–water partition coefficient (Wildman–Crippen LogP) is 3.68. The van der Waals surface area contributed by atoms with E-state index in [0.717, 1.165) is 11.5 Å². The van der Waals surface area contributed by atoms with E-state index >= 15 is 0 Å². The third-order valence-electron chi connectivity index (χ3n) is 1.87. The Kier molecular flexibility index (Phi) is 3.05. The first kappa shape index (κ1) is 10.6. The minimum Gasteiger partial charge on any atom is -0.288 e. The molecule has 76 valence electrons. The zero-order valence-electron chi connectivity index (χ0n) is 7.41. The van der Waals surface area contributed by atoms with E-state index in [-0.39, 0.29) is 16.5 Å². The fourth-order valence-electron chi connectivity index (χ4n) is 1.17. The Morgan fingerprint density at radius 3 is 2.40 bits per heavy atom. The van der Waals surface area contributed by atoms with Gasteiger partial charge in [0.25, 0.3) is 0 Å². The highest BCUT2D eigenvalue weighted by Crippen LogP contribution is 2.29. The molecule has 2 rings (SSSR count).